The topological polar surface area (TPSA) is 88.7 Å². The van der Waals surface area contributed by atoms with Crippen molar-refractivity contribution in [3.63, 3.8) is 0 Å². The van der Waals surface area contributed by atoms with Crippen molar-refractivity contribution in [3.05, 3.63) is 41.7 Å². The Morgan fingerprint density at radius 2 is 2.19 bits per heavy atom. The largest absolute Gasteiger partial charge is 0.452 e. The molecule has 2 N–H and O–H groups in total. The molecule has 0 saturated carbocycles. The zero-order valence-electron chi connectivity index (χ0n) is 10.7. The van der Waals surface area contributed by atoms with Gasteiger partial charge in [0, 0.05) is 29.4 Å². The molecule has 0 aromatic carbocycles. The summed E-state index contributed by atoms with van der Waals surface area (Å²) in [4.78, 5) is 8.71. The van der Waals surface area contributed by atoms with Gasteiger partial charge in [-0.2, -0.15) is 5.26 Å². The lowest BCUT2D eigenvalue weighted by Crippen LogP contribution is -1.87. The summed E-state index contributed by atoms with van der Waals surface area (Å²) < 4.78 is 6.80. The standard InChI is InChI=1S/C15H8N4OS/c16-6-11-13(9-2-3-18-7-12(9)21-11)10-5-8-1-4-19-15(17)14(8)20-10/h1-5,7H,(H2,17,19). The van der Waals surface area contributed by atoms with E-state index in [4.69, 9.17) is 10.2 Å². The minimum Gasteiger partial charge on any atom is -0.452 e. The number of hydrogen-bond donors (Lipinski definition) is 1. The zero-order valence-corrected chi connectivity index (χ0v) is 11.5. The van der Waals surface area contributed by atoms with Gasteiger partial charge < -0.3 is 10.2 Å². The van der Waals surface area contributed by atoms with E-state index in [1.54, 1.807) is 18.6 Å². The Morgan fingerprint density at radius 1 is 1.29 bits per heavy atom. The number of nitrogens with two attached hydrogens (primary N) is 1. The Balaban J connectivity index is 2.08. The predicted octanol–water partition coefficient (Wildman–Crippen LogP) is 3.56. The van der Waals surface area contributed by atoms with Crippen molar-refractivity contribution in [2.45, 2.75) is 0 Å². The summed E-state index contributed by atoms with van der Waals surface area (Å²) in [6.45, 7) is 0. The lowest BCUT2D eigenvalue weighted by atomic mass is 10.1. The van der Waals surface area contributed by atoms with Crippen molar-refractivity contribution in [3.8, 4) is 17.4 Å². The monoisotopic (exact) mass is 292 g/mol. The molecule has 100 valence electrons. The fraction of sp³-hybridized carbons (Fsp3) is 0. The minimum atomic E-state index is 0.346. The molecule has 5 nitrogen and oxygen atoms in total. The predicted molar refractivity (Wildman–Crippen MR) is 81.8 cm³/mol. The second kappa shape index (κ2) is 4.30. The molecular weight excluding hydrogens is 284 g/mol. The van der Waals surface area contributed by atoms with E-state index in [1.165, 1.54) is 11.3 Å². The fourth-order valence-corrected chi connectivity index (χ4v) is 3.36. The molecule has 4 heterocycles. The summed E-state index contributed by atoms with van der Waals surface area (Å²) in [5, 5.41) is 11.2. The van der Waals surface area contributed by atoms with Crippen LogP contribution in [0.25, 0.3) is 32.4 Å². The Morgan fingerprint density at radius 3 is 3.00 bits per heavy atom. The van der Waals surface area contributed by atoms with E-state index in [2.05, 4.69) is 16.0 Å². The maximum Gasteiger partial charge on any atom is 0.176 e. The van der Waals surface area contributed by atoms with Crippen molar-refractivity contribution in [1.82, 2.24) is 9.97 Å². The quantitative estimate of drug-likeness (QED) is 0.579. The van der Waals surface area contributed by atoms with Crippen LogP contribution >= 0.6 is 11.3 Å². The first kappa shape index (κ1) is 11.9. The first-order valence-corrected chi connectivity index (χ1v) is 7.00. The maximum absolute atomic E-state index is 9.37. The molecule has 4 aromatic heterocycles. The Hall–Kier alpha value is -2.91. The van der Waals surface area contributed by atoms with Gasteiger partial charge in [0.05, 0.1) is 10.3 Å². The van der Waals surface area contributed by atoms with E-state index in [0.29, 0.717) is 22.0 Å². The van der Waals surface area contributed by atoms with Crippen molar-refractivity contribution >= 4 is 38.2 Å². The van der Waals surface area contributed by atoms with Gasteiger partial charge in [-0.3, -0.25) is 4.98 Å². The zero-order chi connectivity index (χ0) is 14.4. The molecule has 6 heteroatoms. The van der Waals surface area contributed by atoms with Crippen LogP contribution in [0.5, 0.6) is 0 Å². The Kier molecular flexibility index (Phi) is 2.43. The SMILES string of the molecule is N#Cc1sc2cnccc2c1-c1cc2ccnc(N)c2o1. The van der Waals surface area contributed by atoms with Gasteiger partial charge in [0.2, 0.25) is 0 Å². The van der Waals surface area contributed by atoms with Gasteiger partial charge in [-0.1, -0.05) is 0 Å². The number of aromatic nitrogens is 2. The Bertz CT molecular complexity index is 1030. The second-order valence-corrected chi connectivity index (χ2v) is 5.57. The highest BCUT2D eigenvalue weighted by Gasteiger charge is 2.18. The van der Waals surface area contributed by atoms with Gasteiger partial charge in [-0.25, -0.2) is 4.98 Å². The van der Waals surface area contributed by atoms with Crippen LogP contribution in [0, 0.1) is 11.3 Å². The van der Waals surface area contributed by atoms with E-state index >= 15 is 0 Å². The molecule has 0 bridgehead atoms. The molecule has 0 aliphatic heterocycles. The number of rotatable bonds is 1. The lowest BCUT2D eigenvalue weighted by molar-refractivity contribution is 0.632. The smallest absolute Gasteiger partial charge is 0.176 e. The lowest BCUT2D eigenvalue weighted by Gasteiger charge is -1.95. The van der Waals surface area contributed by atoms with E-state index < -0.39 is 0 Å². The van der Waals surface area contributed by atoms with E-state index in [0.717, 1.165) is 21.0 Å². The Labute approximate surface area is 123 Å². The molecule has 21 heavy (non-hydrogen) atoms. The summed E-state index contributed by atoms with van der Waals surface area (Å²) in [5.74, 6) is 0.970. The average Bonchev–Trinajstić information content (AvgIpc) is 3.08. The van der Waals surface area contributed by atoms with Crippen LogP contribution in [0.15, 0.2) is 41.2 Å². The molecular formula is C15H8N4OS. The number of nitrogen functional groups attached to an aromatic ring is 1. The van der Waals surface area contributed by atoms with Crippen LogP contribution in [0.4, 0.5) is 5.82 Å². The first-order chi connectivity index (χ1) is 10.3. The number of pyridine rings is 2. The number of fused-ring (bicyclic) bond motifs is 2. The highest BCUT2D eigenvalue weighted by molar-refractivity contribution is 7.20. The molecule has 4 rings (SSSR count). The molecule has 0 saturated heterocycles. The van der Waals surface area contributed by atoms with E-state index in [9.17, 15) is 5.26 Å². The summed E-state index contributed by atoms with van der Waals surface area (Å²) in [6, 6.07) is 7.83. The number of furan rings is 1. The summed E-state index contributed by atoms with van der Waals surface area (Å²) in [7, 11) is 0. The van der Waals surface area contributed by atoms with Crippen LogP contribution in [0.3, 0.4) is 0 Å². The van der Waals surface area contributed by atoms with E-state index in [1.807, 2.05) is 18.2 Å². The molecule has 0 unspecified atom stereocenters. The molecule has 0 radical (unpaired) electrons. The third kappa shape index (κ3) is 1.68. The highest BCUT2D eigenvalue weighted by Crippen LogP contribution is 2.40. The second-order valence-electron chi connectivity index (χ2n) is 4.52. The average molecular weight is 292 g/mol. The van der Waals surface area contributed by atoms with Crippen LogP contribution in [0.2, 0.25) is 0 Å². The third-order valence-electron chi connectivity index (χ3n) is 3.30. The van der Waals surface area contributed by atoms with Crippen molar-refractivity contribution in [2.75, 3.05) is 5.73 Å². The van der Waals surface area contributed by atoms with Gasteiger partial charge in [0.25, 0.3) is 0 Å². The van der Waals surface area contributed by atoms with Gasteiger partial charge >= 0.3 is 0 Å². The number of anilines is 1. The number of nitriles is 1. The summed E-state index contributed by atoms with van der Waals surface area (Å²) >= 11 is 1.40. The first-order valence-electron chi connectivity index (χ1n) is 6.19. The third-order valence-corrected chi connectivity index (χ3v) is 4.35. The molecule has 0 fully saturated rings. The molecule has 0 spiro atoms. The van der Waals surface area contributed by atoms with E-state index in [-0.39, 0.29) is 0 Å². The molecule has 0 atom stereocenters. The van der Waals surface area contributed by atoms with Gasteiger partial charge in [0.15, 0.2) is 11.4 Å². The van der Waals surface area contributed by atoms with Crippen molar-refractivity contribution in [1.29, 1.82) is 5.26 Å². The highest BCUT2D eigenvalue weighted by atomic mass is 32.1. The van der Waals surface area contributed by atoms with Gasteiger partial charge in [-0.05, 0) is 18.2 Å². The minimum absolute atomic E-state index is 0.346. The molecule has 0 aliphatic carbocycles. The van der Waals surface area contributed by atoms with Crippen molar-refractivity contribution < 1.29 is 4.42 Å². The van der Waals surface area contributed by atoms with Crippen LogP contribution < -0.4 is 5.73 Å². The summed E-state index contributed by atoms with van der Waals surface area (Å²) in [6.07, 6.45) is 5.10. The van der Waals surface area contributed by atoms with Crippen molar-refractivity contribution in [2.24, 2.45) is 0 Å². The van der Waals surface area contributed by atoms with Gasteiger partial charge in [0.1, 0.15) is 16.7 Å². The molecule has 0 aliphatic rings. The summed E-state index contributed by atoms with van der Waals surface area (Å²) in [5.41, 5.74) is 7.16. The number of thiophene rings is 1. The molecule has 0 amide bonds. The number of nitrogens with zero attached hydrogens (tertiary/aromatic N) is 3. The number of hydrogen-bond acceptors (Lipinski definition) is 6. The fourth-order valence-electron chi connectivity index (χ4n) is 2.38. The van der Waals surface area contributed by atoms with Gasteiger partial charge in [-0.15, -0.1) is 11.3 Å². The normalized spacial score (nSPS) is 11.0. The maximum atomic E-state index is 9.37. The van der Waals surface area contributed by atoms with Crippen LogP contribution in [0.1, 0.15) is 4.88 Å². The van der Waals surface area contributed by atoms with Crippen LogP contribution in [-0.4, -0.2) is 9.97 Å². The van der Waals surface area contributed by atoms with Crippen LogP contribution in [-0.2, 0) is 0 Å². The molecule has 4 aromatic rings.